The summed E-state index contributed by atoms with van der Waals surface area (Å²) in [6, 6.07) is 3.64. The average molecular weight is 268 g/mol. The van der Waals surface area contributed by atoms with Gasteiger partial charge in [-0.25, -0.2) is 0 Å². The number of halogens is 1. The predicted octanol–water partition coefficient (Wildman–Crippen LogP) is 1.69. The zero-order valence-electron chi connectivity index (χ0n) is 10.7. The van der Waals surface area contributed by atoms with Crippen LogP contribution < -0.4 is 5.32 Å². The number of nitrogens with one attached hydrogen (secondary N) is 1. The summed E-state index contributed by atoms with van der Waals surface area (Å²) < 4.78 is 0. The van der Waals surface area contributed by atoms with Gasteiger partial charge in [-0.05, 0) is 32.0 Å². The van der Waals surface area contributed by atoms with Crippen LogP contribution in [0.4, 0.5) is 0 Å². The molecule has 1 fully saturated rings. The standard InChI is InChI=1S/C13H18ClN3O/c1-13(12(18)15-2)4-6-17(9-13)8-11-7-10(14)3-5-16-11/h3,5,7H,4,6,8-9H2,1-2H3,(H,15,18). The molecule has 18 heavy (non-hydrogen) atoms. The Morgan fingerprint density at radius 2 is 2.44 bits per heavy atom. The molecule has 0 aliphatic carbocycles. The highest BCUT2D eigenvalue weighted by Gasteiger charge is 2.39. The highest BCUT2D eigenvalue weighted by atomic mass is 35.5. The summed E-state index contributed by atoms with van der Waals surface area (Å²) in [5.41, 5.74) is 0.663. The summed E-state index contributed by atoms with van der Waals surface area (Å²) in [6.45, 7) is 4.43. The highest BCUT2D eigenvalue weighted by molar-refractivity contribution is 6.30. The molecule has 1 aliphatic heterocycles. The Hall–Kier alpha value is -1.13. The van der Waals surface area contributed by atoms with E-state index in [1.54, 1.807) is 19.3 Å². The van der Waals surface area contributed by atoms with E-state index in [1.165, 1.54) is 0 Å². The molecular formula is C13H18ClN3O. The zero-order chi connectivity index (χ0) is 13.2. The lowest BCUT2D eigenvalue weighted by atomic mass is 9.89. The van der Waals surface area contributed by atoms with E-state index in [-0.39, 0.29) is 11.3 Å². The van der Waals surface area contributed by atoms with E-state index >= 15 is 0 Å². The average Bonchev–Trinajstić information content (AvgIpc) is 2.71. The van der Waals surface area contributed by atoms with E-state index in [4.69, 9.17) is 11.6 Å². The summed E-state index contributed by atoms with van der Waals surface area (Å²) >= 11 is 5.94. The van der Waals surface area contributed by atoms with Crippen LogP contribution in [0.1, 0.15) is 19.0 Å². The Morgan fingerprint density at radius 1 is 1.67 bits per heavy atom. The molecule has 1 unspecified atom stereocenters. The van der Waals surface area contributed by atoms with Crippen LogP contribution in [0.5, 0.6) is 0 Å². The van der Waals surface area contributed by atoms with Crippen LogP contribution in [-0.4, -0.2) is 35.9 Å². The van der Waals surface area contributed by atoms with E-state index in [2.05, 4.69) is 15.2 Å². The van der Waals surface area contributed by atoms with Crippen molar-refractivity contribution in [1.29, 1.82) is 0 Å². The summed E-state index contributed by atoms with van der Waals surface area (Å²) in [5, 5.41) is 3.44. The highest BCUT2D eigenvalue weighted by Crippen LogP contribution is 2.30. The minimum absolute atomic E-state index is 0.115. The SMILES string of the molecule is CNC(=O)C1(C)CCN(Cc2cc(Cl)ccn2)C1. The number of carbonyl (C=O) groups excluding carboxylic acids is 1. The number of aromatic nitrogens is 1. The molecule has 1 amide bonds. The molecule has 1 N–H and O–H groups in total. The largest absolute Gasteiger partial charge is 0.359 e. The maximum absolute atomic E-state index is 11.8. The third-order valence-electron chi connectivity index (χ3n) is 3.49. The van der Waals surface area contributed by atoms with Gasteiger partial charge in [0.25, 0.3) is 0 Å². The molecule has 1 saturated heterocycles. The summed E-state index contributed by atoms with van der Waals surface area (Å²) in [7, 11) is 1.69. The number of amides is 1. The molecule has 0 saturated carbocycles. The minimum atomic E-state index is -0.284. The third-order valence-corrected chi connectivity index (χ3v) is 3.73. The molecule has 1 aromatic heterocycles. The van der Waals surface area contributed by atoms with Gasteiger partial charge in [-0.15, -0.1) is 0 Å². The Labute approximate surface area is 112 Å². The molecule has 0 radical (unpaired) electrons. The molecule has 98 valence electrons. The number of hydrogen-bond donors (Lipinski definition) is 1. The fourth-order valence-corrected chi connectivity index (χ4v) is 2.63. The molecule has 4 nitrogen and oxygen atoms in total. The second-order valence-corrected chi connectivity index (χ2v) is 5.50. The molecular weight excluding hydrogens is 250 g/mol. The first-order valence-electron chi connectivity index (χ1n) is 6.08. The first-order valence-corrected chi connectivity index (χ1v) is 6.46. The van der Waals surface area contributed by atoms with E-state index in [9.17, 15) is 4.79 Å². The number of carbonyl (C=O) groups is 1. The van der Waals surface area contributed by atoms with Gasteiger partial charge >= 0.3 is 0 Å². The van der Waals surface area contributed by atoms with Crippen molar-refractivity contribution in [2.45, 2.75) is 19.9 Å². The van der Waals surface area contributed by atoms with Gasteiger partial charge in [-0.1, -0.05) is 11.6 Å². The van der Waals surface area contributed by atoms with Gasteiger partial charge in [0.05, 0.1) is 11.1 Å². The van der Waals surface area contributed by atoms with E-state index < -0.39 is 0 Å². The lowest BCUT2D eigenvalue weighted by Gasteiger charge is -2.22. The monoisotopic (exact) mass is 267 g/mol. The molecule has 0 spiro atoms. The van der Waals surface area contributed by atoms with Crippen LogP contribution in [0.25, 0.3) is 0 Å². The van der Waals surface area contributed by atoms with Crippen LogP contribution in [0.3, 0.4) is 0 Å². The number of nitrogens with zero attached hydrogens (tertiary/aromatic N) is 2. The summed E-state index contributed by atoms with van der Waals surface area (Å²) in [6.07, 6.45) is 2.60. The summed E-state index contributed by atoms with van der Waals surface area (Å²) in [4.78, 5) is 18.3. The van der Waals surface area contributed by atoms with Crippen LogP contribution in [0.2, 0.25) is 5.02 Å². The van der Waals surface area contributed by atoms with Crippen LogP contribution in [0.15, 0.2) is 18.3 Å². The maximum atomic E-state index is 11.8. The molecule has 1 aliphatic rings. The Bertz CT molecular complexity index is 452. The number of pyridine rings is 1. The van der Waals surface area contributed by atoms with Crippen molar-refractivity contribution in [3.8, 4) is 0 Å². The van der Waals surface area contributed by atoms with E-state index in [0.29, 0.717) is 5.02 Å². The van der Waals surface area contributed by atoms with Gasteiger partial charge in [0.15, 0.2) is 0 Å². The Balaban J connectivity index is 2.00. The fraction of sp³-hybridized carbons (Fsp3) is 0.538. The van der Waals surface area contributed by atoms with Gasteiger partial charge in [0, 0.05) is 31.4 Å². The Morgan fingerprint density at radius 3 is 3.11 bits per heavy atom. The Kier molecular flexibility index (Phi) is 3.88. The van der Waals surface area contributed by atoms with Crippen molar-refractivity contribution in [2.75, 3.05) is 20.1 Å². The fourth-order valence-electron chi connectivity index (χ4n) is 2.44. The number of likely N-dealkylation sites (tertiary alicyclic amines) is 1. The normalized spacial score (nSPS) is 24.2. The second kappa shape index (κ2) is 5.24. The molecule has 2 rings (SSSR count). The molecule has 0 aromatic carbocycles. The molecule has 5 heteroatoms. The van der Waals surface area contributed by atoms with Crippen molar-refractivity contribution in [3.63, 3.8) is 0 Å². The van der Waals surface area contributed by atoms with Crippen molar-refractivity contribution >= 4 is 17.5 Å². The van der Waals surface area contributed by atoms with Gasteiger partial charge in [-0.2, -0.15) is 0 Å². The number of rotatable bonds is 3. The first kappa shape index (κ1) is 13.3. The van der Waals surface area contributed by atoms with Gasteiger partial charge in [-0.3, -0.25) is 14.7 Å². The summed E-state index contributed by atoms with van der Waals surface area (Å²) in [5.74, 6) is 0.115. The minimum Gasteiger partial charge on any atom is -0.359 e. The van der Waals surface area contributed by atoms with Crippen molar-refractivity contribution < 1.29 is 4.79 Å². The predicted molar refractivity (Wildman–Crippen MR) is 71.3 cm³/mol. The third kappa shape index (κ3) is 2.82. The second-order valence-electron chi connectivity index (χ2n) is 5.07. The molecule has 2 heterocycles. The van der Waals surface area contributed by atoms with Gasteiger partial charge in [0.1, 0.15) is 0 Å². The first-order chi connectivity index (χ1) is 8.53. The van der Waals surface area contributed by atoms with Crippen molar-refractivity contribution in [1.82, 2.24) is 15.2 Å². The smallest absolute Gasteiger partial charge is 0.227 e. The quantitative estimate of drug-likeness (QED) is 0.907. The lowest BCUT2D eigenvalue weighted by molar-refractivity contribution is -0.129. The van der Waals surface area contributed by atoms with Crippen LogP contribution in [-0.2, 0) is 11.3 Å². The molecule has 0 bridgehead atoms. The molecule has 1 atom stereocenters. The van der Waals surface area contributed by atoms with Crippen LogP contribution in [0, 0.1) is 5.41 Å². The van der Waals surface area contributed by atoms with Gasteiger partial charge in [0.2, 0.25) is 5.91 Å². The lowest BCUT2D eigenvalue weighted by Crippen LogP contribution is -2.39. The van der Waals surface area contributed by atoms with Crippen molar-refractivity contribution in [2.24, 2.45) is 5.41 Å². The number of hydrogen-bond acceptors (Lipinski definition) is 3. The van der Waals surface area contributed by atoms with E-state index in [0.717, 1.165) is 31.7 Å². The van der Waals surface area contributed by atoms with E-state index in [1.807, 2.05) is 13.0 Å². The van der Waals surface area contributed by atoms with Gasteiger partial charge < -0.3 is 5.32 Å². The van der Waals surface area contributed by atoms with Crippen LogP contribution >= 0.6 is 11.6 Å². The topological polar surface area (TPSA) is 45.2 Å². The zero-order valence-corrected chi connectivity index (χ0v) is 11.5. The molecule has 1 aromatic rings. The van der Waals surface area contributed by atoms with Crippen molar-refractivity contribution in [3.05, 3.63) is 29.0 Å². The maximum Gasteiger partial charge on any atom is 0.227 e.